The van der Waals surface area contributed by atoms with Crippen LogP contribution < -0.4 is 25.4 Å². The van der Waals surface area contributed by atoms with Crippen LogP contribution in [0.5, 0.6) is 5.75 Å². The van der Waals surface area contributed by atoms with Crippen molar-refractivity contribution in [2.75, 3.05) is 48.4 Å². The third-order valence-corrected chi connectivity index (χ3v) is 5.57. The largest absolute Gasteiger partial charge is 0.495 e. The zero-order chi connectivity index (χ0) is 23.4. The number of anilines is 3. The van der Waals surface area contributed by atoms with Crippen LogP contribution in [0.1, 0.15) is 5.56 Å². The van der Waals surface area contributed by atoms with Crippen molar-refractivity contribution in [3.8, 4) is 5.75 Å². The molecule has 2 aromatic carbocycles. The highest BCUT2D eigenvalue weighted by Gasteiger charge is 2.19. The Kier molecular flexibility index (Phi) is 6.58. The molecule has 0 saturated carbocycles. The Hall–Kier alpha value is -3.88. The van der Waals surface area contributed by atoms with E-state index in [0.29, 0.717) is 30.3 Å². The van der Waals surface area contributed by atoms with E-state index in [2.05, 4.69) is 20.2 Å². The number of carbonyl (C=O) groups is 1. The maximum absolute atomic E-state index is 13.2. The van der Waals surface area contributed by atoms with Crippen molar-refractivity contribution in [3.63, 3.8) is 0 Å². The van der Waals surface area contributed by atoms with Crippen LogP contribution in [0.2, 0.25) is 0 Å². The molecule has 9 heteroatoms. The quantitative estimate of drug-likeness (QED) is 0.621. The minimum absolute atomic E-state index is 0.209. The molecule has 2 heterocycles. The van der Waals surface area contributed by atoms with E-state index in [4.69, 9.17) is 4.74 Å². The first-order chi connectivity index (χ1) is 15.9. The number of methoxy groups -OCH3 is 1. The second-order valence-corrected chi connectivity index (χ2v) is 7.89. The summed E-state index contributed by atoms with van der Waals surface area (Å²) in [5, 5.41) is 7.21. The fourth-order valence-corrected chi connectivity index (χ4v) is 3.81. The number of aryl methyl sites for hydroxylation is 1. The standard InChI is InChI=1S/C24H26FN5O3/c1-17-3-8-21(33-2)20(15-17)26-23(31)16-30-24(32)10-9-22(27-30)29-13-11-28(12-14-29)19-6-4-18(25)5-7-19/h3-10,15H,11-14,16H2,1-2H3,(H,26,31). The Balaban J connectivity index is 1.42. The average Bonchev–Trinajstić information content (AvgIpc) is 2.81. The number of carbonyl (C=O) groups excluding carboxylic acids is 1. The van der Waals surface area contributed by atoms with Crippen LogP contribution in [0.3, 0.4) is 0 Å². The first-order valence-corrected chi connectivity index (χ1v) is 10.7. The Morgan fingerprint density at radius 1 is 1.03 bits per heavy atom. The summed E-state index contributed by atoms with van der Waals surface area (Å²) in [6.45, 7) is 4.56. The van der Waals surface area contributed by atoms with Crippen molar-refractivity contribution in [2.45, 2.75) is 13.5 Å². The highest BCUT2D eigenvalue weighted by atomic mass is 19.1. The molecule has 1 aliphatic rings. The zero-order valence-corrected chi connectivity index (χ0v) is 18.6. The van der Waals surface area contributed by atoms with E-state index in [1.54, 1.807) is 24.3 Å². The van der Waals surface area contributed by atoms with Crippen molar-refractivity contribution in [2.24, 2.45) is 0 Å². The van der Waals surface area contributed by atoms with E-state index in [1.807, 2.05) is 19.1 Å². The Labute approximate surface area is 191 Å². The predicted octanol–water partition coefficient (Wildman–Crippen LogP) is 2.66. The van der Waals surface area contributed by atoms with Crippen LogP contribution in [0, 0.1) is 12.7 Å². The number of rotatable bonds is 6. The number of benzene rings is 2. The monoisotopic (exact) mass is 451 g/mol. The van der Waals surface area contributed by atoms with Crippen molar-refractivity contribution in [3.05, 3.63) is 76.3 Å². The fourth-order valence-electron chi connectivity index (χ4n) is 3.81. The lowest BCUT2D eigenvalue weighted by molar-refractivity contribution is -0.117. The average molecular weight is 452 g/mol. The highest BCUT2D eigenvalue weighted by molar-refractivity contribution is 5.92. The Bertz CT molecular complexity index is 1190. The third-order valence-electron chi connectivity index (χ3n) is 5.57. The minimum Gasteiger partial charge on any atom is -0.495 e. The van der Waals surface area contributed by atoms with Crippen molar-refractivity contribution >= 4 is 23.1 Å². The summed E-state index contributed by atoms with van der Waals surface area (Å²) >= 11 is 0. The highest BCUT2D eigenvalue weighted by Crippen LogP contribution is 2.25. The topological polar surface area (TPSA) is 79.7 Å². The second kappa shape index (κ2) is 9.72. The molecule has 1 fully saturated rings. The molecule has 3 aromatic rings. The molecule has 8 nitrogen and oxygen atoms in total. The summed E-state index contributed by atoms with van der Waals surface area (Å²) < 4.78 is 19.6. The molecule has 0 spiro atoms. The lowest BCUT2D eigenvalue weighted by atomic mass is 10.2. The summed E-state index contributed by atoms with van der Waals surface area (Å²) in [5.41, 5.74) is 2.14. The predicted molar refractivity (Wildman–Crippen MR) is 126 cm³/mol. The third kappa shape index (κ3) is 5.31. The van der Waals surface area contributed by atoms with E-state index in [-0.39, 0.29) is 23.8 Å². The molecule has 0 bridgehead atoms. The van der Waals surface area contributed by atoms with Crippen LogP contribution in [-0.4, -0.2) is 49.0 Å². The number of aromatic nitrogens is 2. The molecule has 33 heavy (non-hydrogen) atoms. The number of ether oxygens (including phenoxy) is 1. The van der Waals surface area contributed by atoms with Gasteiger partial charge in [0.15, 0.2) is 0 Å². The summed E-state index contributed by atoms with van der Waals surface area (Å²) in [6, 6.07) is 15.0. The number of halogens is 1. The van der Waals surface area contributed by atoms with Gasteiger partial charge in [-0.2, -0.15) is 5.10 Å². The Morgan fingerprint density at radius 3 is 2.42 bits per heavy atom. The molecule has 0 unspecified atom stereocenters. The van der Waals surface area contributed by atoms with Crippen LogP contribution in [0.15, 0.2) is 59.4 Å². The maximum Gasteiger partial charge on any atom is 0.267 e. The van der Waals surface area contributed by atoms with Gasteiger partial charge in [0.05, 0.1) is 12.8 Å². The van der Waals surface area contributed by atoms with E-state index < -0.39 is 0 Å². The lowest BCUT2D eigenvalue weighted by Gasteiger charge is -2.36. The molecule has 4 rings (SSSR count). The summed E-state index contributed by atoms with van der Waals surface area (Å²) in [4.78, 5) is 29.2. The molecule has 1 N–H and O–H groups in total. The molecule has 0 aliphatic carbocycles. The number of piperazine rings is 1. The van der Waals surface area contributed by atoms with Crippen LogP contribution in [0.25, 0.3) is 0 Å². The smallest absolute Gasteiger partial charge is 0.267 e. The van der Waals surface area contributed by atoms with Crippen molar-refractivity contribution in [1.29, 1.82) is 0 Å². The summed E-state index contributed by atoms with van der Waals surface area (Å²) in [5.74, 6) is 0.553. The fraction of sp³-hybridized carbons (Fsp3) is 0.292. The van der Waals surface area contributed by atoms with Gasteiger partial charge in [0.2, 0.25) is 5.91 Å². The molecule has 172 valence electrons. The van der Waals surface area contributed by atoms with Crippen molar-refractivity contribution < 1.29 is 13.9 Å². The van der Waals surface area contributed by atoms with Crippen molar-refractivity contribution in [1.82, 2.24) is 9.78 Å². The second-order valence-electron chi connectivity index (χ2n) is 7.89. The molecule has 1 aromatic heterocycles. The SMILES string of the molecule is COc1ccc(C)cc1NC(=O)Cn1nc(N2CCN(c3ccc(F)cc3)CC2)ccc1=O. The van der Waals surface area contributed by atoms with E-state index in [1.165, 1.54) is 30.0 Å². The molecular formula is C24H26FN5O3. The Morgan fingerprint density at radius 2 is 1.73 bits per heavy atom. The van der Waals surface area contributed by atoms with Gasteiger partial charge >= 0.3 is 0 Å². The van der Waals surface area contributed by atoms with E-state index in [0.717, 1.165) is 24.3 Å². The normalized spacial score (nSPS) is 13.7. The lowest BCUT2D eigenvalue weighted by Crippen LogP contribution is -2.47. The summed E-state index contributed by atoms with van der Waals surface area (Å²) in [7, 11) is 1.53. The van der Waals surface area contributed by atoms with Crippen LogP contribution in [-0.2, 0) is 11.3 Å². The van der Waals surface area contributed by atoms with Crippen LogP contribution >= 0.6 is 0 Å². The van der Waals surface area contributed by atoms with Gasteiger partial charge in [0.25, 0.3) is 5.56 Å². The number of amides is 1. The number of hydrogen-bond donors (Lipinski definition) is 1. The van der Waals surface area contributed by atoms with Gasteiger partial charge in [0.1, 0.15) is 23.9 Å². The first kappa shape index (κ1) is 22.3. The van der Waals surface area contributed by atoms with E-state index in [9.17, 15) is 14.0 Å². The van der Waals surface area contributed by atoms with Gasteiger partial charge in [-0.25, -0.2) is 9.07 Å². The molecule has 1 aliphatic heterocycles. The molecule has 1 amide bonds. The van der Waals surface area contributed by atoms with Gasteiger partial charge in [0, 0.05) is 37.9 Å². The van der Waals surface area contributed by atoms with Gasteiger partial charge in [-0.05, 0) is 55.0 Å². The molecule has 1 saturated heterocycles. The summed E-state index contributed by atoms with van der Waals surface area (Å²) in [6.07, 6.45) is 0. The number of hydrogen-bond acceptors (Lipinski definition) is 6. The van der Waals surface area contributed by atoms with Gasteiger partial charge in [-0.1, -0.05) is 6.07 Å². The van der Waals surface area contributed by atoms with E-state index >= 15 is 0 Å². The first-order valence-electron chi connectivity index (χ1n) is 10.7. The molecule has 0 atom stereocenters. The van der Waals surface area contributed by atoms with Gasteiger partial charge in [-0.15, -0.1) is 0 Å². The minimum atomic E-state index is -0.369. The number of nitrogens with one attached hydrogen (secondary N) is 1. The molecular weight excluding hydrogens is 425 g/mol. The van der Waals surface area contributed by atoms with Gasteiger partial charge in [-0.3, -0.25) is 9.59 Å². The van der Waals surface area contributed by atoms with Crippen LogP contribution in [0.4, 0.5) is 21.6 Å². The van der Waals surface area contributed by atoms with Gasteiger partial charge < -0.3 is 19.9 Å². The zero-order valence-electron chi connectivity index (χ0n) is 18.6. The molecule has 0 radical (unpaired) electrons. The maximum atomic E-state index is 13.2. The number of nitrogens with zero attached hydrogens (tertiary/aromatic N) is 4.